The highest BCUT2D eigenvalue weighted by Crippen LogP contribution is 2.34. The number of carbonyl (C=O) groups excluding carboxylic acids is 2. The molecule has 3 aromatic rings. The second-order valence-corrected chi connectivity index (χ2v) is 7.41. The van der Waals surface area contributed by atoms with Crippen LogP contribution in [0.15, 0.2) is 42.5 Å². The average molecular weight is 392 g/mol. The molecule has 0 aliphatic heterocycles. The summed E-state index contributed by atoms with van der Waals surface area (Å²) in [5.41, 5.74) is 2.34. The van der Waals surface area contributed by atoms with Gasteiger partial charge in [0.15, 0.2) is 16.7 Å². The third-order valence-electron chi connectivity index (χ3n) is 4.57. The number of anilines is 2. The molecule has 7 heteroatoms. The van der Waals surface area contributed by atoms with Crippen molar-refractivity contribution >= 4 is 39.7 Å². The fourth-order valence-electron chi connectivity index (χ4n) is 3.34. The number of fused-ring (bicyclic) bond motifs is 2. The largest absolute Gasteiger partial charge is 0.477 e. The molecule has 140 valence electrons. The van der Waals surface area contributed by atoms with Crippen molar-refractivity contribution in [3.05, 3.63) is 75.3 Å². The maximum atomic E-state index is 13.0. The van der Waals surface area contributed by atoms with Crippen LogP contribution in [0.5, 0.6) is 0 Å². The van der Waals surface area contributed by atoms with Crippen LogP contribution in [0.3, 0.4) is 0 Å². The Bertz CT molecular complexity index is 1130. The van der Waals surface area contributed by atoms with Crippen LogP contribution in [-0.2, 0) is 6.42 Å². The van der Waals surface area contributed by atoms with E-state index in [1.165, 1.54) is 0 Å². The number of carboxylic acids is 1. The summed E-state index contributed by atoms with van der Waals surface area (Å²) in [6.07, 6.45) is 1.32. The quantitative estimate of drug-likeness (QED) is 0.525. The second-order valence-electron chi connectivity index (χ2n) is 6.41. The van der Waals surface area contributed by atoms with E-state index < -0.39 is 5.97 Å². The third kappa shape index (κ3) is 2.90. The Morgan fingerprint density at radius 2 is 1.71 bits per heavy atom. The fraction of sp³-hybridized carbons (Fsp3) is 0.143. The number of carboxylic acid groups (broad SMARTS) is 1. The smallest absolute Gasteiger partial charge is 0.347 e. The topological polar surface area (TPSA) is 96.4 Å². The van der Waals surface area contributed by atoms with Gasteiger partial charge in [0.1, 0.15) is 4.88 Å². The minimum absolute atomic E-state index is 0.182. The van der Waals surface area contributed by atoms with E-state index in [1.807, 2.05) is 6.92 Å². The van der Waals surface area contributed by atoms with Crippen molar-refractivity contribution in [2.45, 2.75) is 19.8 Å². The van der Waals surface area contributed by atoms with Crippen molar-refractivity contribution in [1.29, 1.82) is 0 Å². The number of nitrogens with one attached hydrogen (secondary N) is 1. The number of ketones is 2. The number of hydrogen-bond acceptors (Lipinski definition) is 6. The van der Waals surface area contributed by atoms with Crippen molar-refractivity contribution in [2.24, 2.45) is 0 Å². The van der Waals surface area contributed by atoms with E-state index in [2.05, 4.69) is 10.3 Å². The molecule has 1 aliphatic rings. The van der Waals surface area contributed by atoms with Gasteiger partial charge in [-0.2, -0.15) is 0 Å². The van der Waals surface area contributed by atoms with E-state index in [0.717, 1.165) is 17.8 Å². The maximum Gasteiger partial charge on any atom is 0.347 e. The molecule has 2 N–H and O–H groups in total. The van der Waals surface area contributed by atoms with Crippen molar-refractivity contribution in [2.75, 3.05) is 5.32 Å². The van der Waals surface area contributed by atoms with Crippen LogP contribution >= 0.6 is 11.3 Å². The molecular formula is C21H16N2O4S. The summed E-state index contributed by atoms with van der Waals surface area (Å²) in [7, 11) is 0. The molecule has 4 rings (SSSR count). The predicted molar refractivity (Wildman–Crippen MR) is 106 cm³/mol. The number of nitrogens with zero attached hydrogens (tertiary/aromatic N) is 1. The van der Waals surface area contributed by atoms with E-state index in [4.69, 9.17) is 0 Å². The molecule has 0 saturated heterocycles. The lowest BCUT2D eigenvalue weighted by atomic mass is 9.83. The Kier molecular flexibility index (Phi) is 4.52. The lowest BCUT2D eigenvalue weighted by molar-refractivity contribution is 0.0700. The zero-order chi connectivity index (χ0) is 19.8. The molecule has 6 nitrogen and oxygen atoms in total. The lowest BCUT2D eigenvalue weighted by Crippen LogP contribution is -2.22. The number of aryl methyl sites for hydroxylation is 1. The highest BCUT2D eigenvalue weighted by molar-refractivity contribution is 7.17. The molecule has 2 aromatic carbocycles. The monoisotopic (exact) mass is 392 g/mol. The molecule has 0 unspecified atom stereocenters. The highest BCUT2D eigenvalue weighted by Gasteiger charge is 2.31. The van der Waals surface area contributed by atoms with E-state index in [-0.39, 0.29) is 22.0 Å². The van der Waals surface area contributed by atoms with Crippen molar-refractivity contribution in [3.63, 3.8) is 0 Å². The van der Waals surface area contributed by atoms with Crippen LogP contribution in [0, 0.1) is 0 Å². The van der Waals surface area contributed by atoms with Crippen LogP contribution in [0.2, 0.25) is 0 Å². The van der Waals surface area contributed by atoms with E-state index in [9.17, 15) is 19.5 Å². The number of thiazole rings is 1. The van der Waals surface area contributed by atoms with Crippen molar-refractivity contribution in [1.82, 2.24) is 4.98 Å². The zero-order valence-corrected chi connectivity index (χ0v) is 15.8. The average Bonchev–Trinajstić information content (AvgIpc) is 3.09. The van der Waals surface area contributed by atoms with Crippen LogP contribution in [-0.4, -0.2) is 27.6 Å². The first-order valence-electron chi connectivity index (χ1n) is 8.82. The van der Waals surface area contributed by atoms with Gasteiger partial charge in [-0.3, -0.25) is 9.59 Å². The zero-order valence-electron chi connectivity index (χ0n) is 15.0. The number of aromatic nitrogens is 1. The second kappa shape index (κ2) is 7.01. The maximum absolute atomic E-state index is 13.0. The van der Waals surface area contributed by atoms with E-state index in [1.54, 1.807) is 42.5 Å². The minimum atomic E-state index is -1.02. The number of rotatable bonds is 5. The van der Waals surface area contributed by atoms with Gasteiger partial charge in [0.05, 0.1) is 16.9 Å². The standard InChI is InChI=1S/C21H16N2O4S/c1-2-6-15-19(20(26)27)28-21(23-15)22-14-10-5-9-13-16(14)18(25)12-8-4-3-7-11(12)17(13)24/h3-5,7-10H,2,6H2,1H3,(H,22,23)(H,26,27). The van der Waals surface area contributed by atoms with Gasteiger partial charge in [0.25, 0.3) is 0 Å². The van der Waals surface area contributed by atoms with Gasteiger partial charge < -0.3 is 10.4 Å². The van der Waals surface area contributed by atoms with Crippen molar-refractivity contribution < 1.29 is 19.5 Å². The summed E-state index contributed by atoms with van der Waals surface area (Å²) in [6, 6.07) is 11.8. The summed E-state index contributed by atoms with van der Waals surface area (Å²) in [5, 5.41) is 12.8. The molecule has 28 heavy (non-hydrogen) atoms. The van der Waals surface area contributed by atoms with Gasteiger partial charge in [-0.25, -0.2) is 9.78 Å². The number of benzene rings is 2. The number of aromatic carboxylic acids is 1. The summed E-state index contributed by atoms with van der Waals surface area (Å²) in [6.45, 7) is 1.95. The molecule has 1 aromatic heterocycles. The first-order chi connectivity index (χ1) is 13.5. The Morgan fingerprint density at radius 3 is 2.39 bits per heavy atom. The SMILES string of the molecule is CCCc1nc(Nc2cccc3c2C(=O)c2ccccc2C3=O)sc1C(=O)O. The summed E-state index contributed by atoms with van der Waals surface area (Å²) in [5.74, 6) is -1.47. The summed E-state index contributed by atoms with van der Waals surface area (Å²) >= 11 is 1.02. The highest BCUT2D eigenvalue weighted by atomic mass is 32.1. The first-order valence-corrected chi connectivity index (χ1v) is 9.64. The normalized spacial score (nSPS) is 12.5. The fourth-order valence-corrected chi connectivity index (χ4v) is 4.21. The first kappa shape index (κ1) is 18.1. The van der Waals surface area contributed by atoms with Crippen LogP contribution in [0.4, 0.5) is 10.8 Å². The molecule has 0 bridgehead atoms. The number of hydrogen-bond donors (Lipinski definition) is 2. The Morgan fingerprint density at radius 1 is 1.04 bits per heavy atom. The minimum Gasteiger partial charge on any atom is -0.477 e. The Hall–Kier alpha value is -3.32. The van der Waals surface area contributed by atoms with E-state index in [0.29, 0.717) is 39.6 Å². The van der Waals surface area contributed by atoms with E-state index >= 15 is 0 Å². The molecule has 0 fully saturated rings. The van der Waals surface area contributed by atoms with Crippen LogP contribution < -0.4 is 5.32 Å². The molecule has 0 atom stereocenters. The summed E-state index contributed by atoms with van der Waals surface area (Å²) in [4.78, 5) is 41.9. The predicted octanol–water partition coefficient (Wildman–Crippen LogP) is 4.31. The number of carbonyl (C=O) groups is 3. The molecule has 1 heterocycles. The molecular weight excluding hydrogens is 376 g/mol. The van der Waals surface area contributed by atoms with Gasteiger partial charge in [0, 0.05) is 16.7 Å². The van der Waals surface area contributed by atoms with Gasteiger partial charge in [-0.15, -0.1) is 0 Å². The lowest BCUT2D eigenvalue weighted by Gasteiger charge is -2.20. The summed E-state index contributed by atoms with van der Waals surface area (Å²) < 4.78 is 0. The molecule has 0 radical (unpaired) electrons. The Balaban J connectivity index is 1.78. The van der Waals surface area contributed by atoms with Gasteiger partial charge in [-0.05, 0) is 12.5 Å². The van der Waals surface area contributed by atoms with Gasteiger partial charge in [-0.1, -0.05) is 61.1 Å². The molecule has 0 amide bonds. The van der Waals surface area contributed by atoms with Gasteiger partial charge >= 0.3 is 5.97 Å². The van der Waals surface area contributed by atoms with Crippen molar-refractivity contribution in [3.8, 4) is 0 Å². The van der Waals surface area contributed by atoms with Crippen LogP contribution in [0.1, 0.15) is 60.6 Å². The van der Waals surface area contributed by atoms with Gasteiger partial charge in [0.2, 0.25) is 0 Å². The van der Waals surface area contributed by atoms with Crippen LogP contribution in [0.25, 0.3) is 0 Å². The molecule has 0 saturated carbocycles. The third-order valence-corrected chi connectivity index (χ3v) is 5.57. The Labute approximate surface area is 164 Å². The molecule has 0 spiro atoms. The molecule has 1 aliphatic carbocycles.